The monoisotopic (exact) mass is 1510 g/mol. The number of amides is 9. The van der Waals surface area contributed by atoms with Crippen LogP contribution in [0, 0.1) is 12.8 Å². The van der Waals surface area contributed by atoms with Gasteiger partial charge >= 0.3 is 12.1 Å². The largest absolute Gasteiger partial charge is 0.506 e. The number of phenols is 1. The van der Waals surface area contributed by atoms with Crippen molar-refractivity contribution in [1.29, 1.82) is 0 Å². The van der Waals surface area contributed by atoms with E-state index in [1.165, 1.54) is 33.5 Å². The number of aromatic hydroxyl groups is 1. The number of urea groups is 1. The number of hydrogen-bond acceptors (Lipinski definition) is 27. The Labute approximate surface area is 618 Å². The van der Waals surface area contributed by atoms with Crippen LogP contribution in [0.15, 0.2) is 42.5 Å². The normalized spacial score (nSPS) is 20.6. The highest BCUT2D eigenvalue weighted by atomic mass is 16.9. The summed E-state index contributed by atoms with van der Waals surface area (Å²) >= 11 is 0. The molecule has 107 heavy (non-hydrogen) atoms. The molecular weight excluding hydrogens is 1410 g/mol. The van der Waals surface area contributed by atoms with Gasteiger partial charge in [0.15, 0.2) is 11.9 Å². The molecule has 7 atom stereocenters. The highest BCUT2D eigenvalue weighted by Crippen LogP contribution is 2.72. The minimum atomic E-state index is -1.77. The number of Topliss-reactive ketones (excluding diaryl/α,β-unsaturated/α-hetero) is 1. The summed E-state index contributed by atoms with van der Waals surface area (Å²) in [4.78, 5) is 115. The topological polar surface area (TPSA) is 436 Å². The number of nitrogens with two attached hydrogens (primary N) is 1. The predicted molar refractivity (Wildman–Crippen MR) is 375 cm³/mol. The first kappa shape index (κ1) is 82.8. The molecule has 3 aromatic rings. The highest BCUT2D eigenvalue weighted by Gasteiger charge is 2.93. The summed E-state index contributed by atoms with van der Waals surface area (Å²) in [6, 6.07) is 5.44. The summed E-state index contributed by atoms with van der Waals surface area (Å²) in [5.41, 5.74) is 6.78. The molecule has 6 aliphatic rings. The van der Waals surface area contributed by atoms with Crippen molar-refractivity contribution in [3.8, 4) is 17.2 Å². The number of primary amides is 1. The van der Waals surface area contributed by atoms with Gasteiger partial charge in [0.25, 0.3) is 23.4 Å². The van der Waals surface area contributed by atoms with Crippen molar-refractivity contribution >= 4 is 69.8 Å². The molecule has 0 saturated carbocycles. The molecule has 0 aromatic heterocycles. The second-order valence-electron chi connectivity index (χ2n) is 26.0. The van der Waals surface area contributed by atoms with E-state index in [2.05, 4.69) is 31.9 Å². The first-order valence-electron chi connectivity index (χ1n) is 35.9. The molecule has 35 heteroatoms. The van der Waals surface area contributed by atoms with Crippen LogP contribution >= 0.6 is 0 Å². The highest BCUT2D eigenvalue weighted by molar-refractivity contribution is 6.13. The number of rotatable bonds is 50. The second kappa shape index (κ2) is 40.2. The number of carbonyl (C=O) groups excluding carboxylic acids is 9. The summed E-state index contributed by atoms with van der Waals surface area (Å²) in [5, 5.41) is 29.0. The van der Waals surface area contributed by atoms with Crippen LogP contribution in [0.2, 0.25) is 0 Å². The zero-order chi connectivity index (χ0) is 76.5. The molecule has 3 aromatic carbocycles. The van der Waals surface area contributed by atoms with E-state index >= 15 is 0 Å². The van der Waals surface area contributed by atoms with E-state index in [0.29, 0.717) is 139 Å². The number of anilines is 1. The van der Waals surface area contributed by atoms with Crippen LogP contribution in [0.4, 0.5) is 15.3 Å². The van der Waals surface area contributed by atoms with E-state index in [4.69, 9.17) is 86.3 Å². The Morgan fingerprint density at radius 3 is 1.85 bits per heavy atom. The van der Waals surface area contributed by atoms with Crippen LogP contribution in [0.5, 0.6) is 17.2 Å². The molecule has 1 aliphatic carbocycles. The molecule has 35 nitrogen and oxygen atoms in total. The lowest BCUT2D eigenvalue weighted by atomic mass is 9.78. The van der Waals surface area contributed by atoms with Crippen LogP contribution < -0.4 is 47.1 Å². The van der Waals surface area contributed by atoms with E-state index in [9.17, 15) is 48.3 Å². The molecule has 3 saturated heterocycles. The lowest BCUT2D eigenvalue weighted by Gasteiger charge is -2.49. The minimum Gasteiger partial charge on any atom is -0.506 e. The van der Waals surface area contributed by atoms with Gasteiger partial charge in [0.05, 0.1) is 137 Å². The smallest absolute Gasteiger partial charge is 0.407 e. The quantitative estimate of drug-likeness (QED) is 0.0173. The number of methoxy groups -OCH3 is 3. The van der Waals surface area contributed by atoms with Crippen molar-refractivity contribution in [2.45, 2.75) is 120 Å². The van der Waals surface area contributed by atoms with E-state index < -0.39 is 89.4 Å². The molecule has 9 rings (SSSR count). The number of ketones is 1. The zero-order valence-corrected chi connectivity index (χ0v) is 61.3. The Hall–Kier alpha value is -8.27. The number of aryl methyl sites for hydroxylation is 1. The summed E-state index contributed by atoms with van der Waals surface area (Å²) in [6.45, 7) is 10.6. The third-order valence-corrected chi connectivity index (χ3v) is 18.5. The van der Waals surface area contributed by atoms with Gasteiger partial charge in [0.2, 0.25) is 35.5 Å². The Morgan fingerprint density at radius 1 is 0.692 bits per heavy atom. The minimum absolute atomic E-state index is 0.0201. The Morgan fingerprint density at radius 2 is 1.28 bits per heavy atom. The molecule has 0 radical (unpaired) electrons. The van der Waals surface area contributed by atoms with Gasteiger partial charge in [0.1, 0.15) is 42.0 Å². The van der Waals surface area contributed by atoms with Gasteiger partial charge < -0.3 is 123 Å². The van der Waals surface area contributed by atoms with Crippen LogP contribution in [0.1, 0.15) is 91.1 Å². The molecule has 5 aliphatic heterocycles. The van der Waals surface area contributed by atoms with Gasteiger partial charge in [-0.3, -0.25) is 38.5 Å². The van der Waals surface area contributed by atoms with Crippen molar-refractivity contribution in [1.82, 2.24) is 31.5 Å². The molecular formula is C72H100N8O27. The third kappa shape index (κ3) is 20.8. The predicted octanol–water partition coefficient (Wildman–Crippen LogP) is 1.93. The number of phenolic OH excluding ortho intramolecular Hbond substituents is 1. The van der Waals surface area contributed by atoms with Crippen molar-refractivity contribution < 1.29 is 129 Å². The maximum Gasteiger partial charge on any atom is 0.407 e. The third-order valence-electron chi connectivity index (χ3n) is 18.5. The number of alkyl carbamates (subject to hydrolysis) is 1. The Kier molecular flexibility index (Phi) is 31.1. The van der Waals surface area contributed by atoms with E-state index in [1.807, 2.05) is 13.0 Å². The number of imide groups is 1. The lowest BCUT2D eigenvalue weighted by Crippen LogP contribution is -2.70. The number of fused-ring (bicyclic) bond motifs is 8. The van der Waals surface area contributed by atoms with Gasteiger partial charge in [-0.15, -0.1) is 0 Å². The fourth-order valence-corrected chi connectivity index (χ4v) is 13.2. The van der Waals surface area contributed by atoms with Gasteiger partial charge in [-0.2, -0.15) is 0 Å². The number of carbonyl (C=O) groups is 9. The fourth-order valence-electron chi connectivity index (χ4n) is 13.2. The molecule has 1 spiro atoms. The number of nitrogens with zero attached hydrogens (tertiary/aromatic N) is 1. The van der Waals surface area contributed by atoms with Gasteiger partial charge in [-0.1, -0.05) is 26.0 Å². The fraction of sp³-hybridized carbons (Fsp3) is 0.625. The van der Waals surface area contributed by atoms with Gasteiger partial charge in [0, 0.05) is 94.0 Å². The second-order valence-corrected chi connectivity index (χ2v) is 26.0. The molecule has 9 amide bonds. The van der Waals surface area contributed by atoms with Crippen LogP contribution in [-0.4, -0.2) is 271 Å². The van der Waals surface area contributed by atoms with Crippen LogP contribution in [0.3, 0.4) is 0 Å². The molecule has 3 fully saturated rings. The van der Waals surface area contributed by atoms with E-state index in [-0.39, 0.29) is 131 Å². The summed E-state index contributed by atoms with van der Waals surface area (Å²) in [7, 11) is 4.39. The Balaban J connectivity index is 0.619. The number of benzene rings is 3. The first-order valence-corrected chi connectivity index (χ1v) is 35.9. The number of hydrogen-bond donors (Lipinski definition) is 8. The molecule has 9 N–H and O–H groups in total. The summed E-state index contributed by atoms with van der Waals surface area (Å²) in [5.74, 6) is -6.41. The first-order chi connectivity index (χ1) is 51.7. The van der Waals surface area contributed by atoms with Crippen molar-refractivity contribution in [3.63, 3.8) is 0 Å². The van der Waals surface area contributed by atoms with Crippen molar-refractivity contribution in [3.05, 3.63) is 70.3 Å². The summed E-state index contributed by atoms with van der Waals surface area (Å²) in [6.07, 6.45) is 0.312. The zero-order valence-electron chi connectivity index (χ0n) is 61.3. The maximum absolute atomic E-state index is 13.9. The van der Waals surface area contributed by atoms with Crippen LogP contribution in [0.25, 0.3) is 10.8 Å². The molecule has 590 valence electrons. The van der Waals surface area contributed by atoms with Gasteiger partial charge in [-0.05, 0) is 67.9 Å². The molecule has 2 bridgehead atoms. The average Bonchev–Trinajstić information content (AvgIpc) is 1.46. The van der Waals surface area contributed by atoms with E-state index in [0.717, 1.165) is 10.5 Å². The SMILES string of the molecule is COc1c2c(c(O)c3c4c(c(C)cc13)C1OC3(C(OC)OC)OC1[C@@](OCCNC(=O)OCc1ccc(NC(=O)[C@H](CCCNC(N)=O)NC(=O)[C@@H](NC(=O)CCOCCOCCOCCOCCOCCOCCOCCOCCNC(=O)CCN5C(=O)C=CC5=O)C(C)C)cc1)(O4)[C@@]31CO1)C(=O)CCC2. The lowest BCUT2D eigenvalue weighted by molar-refractivity contribution is -0.350. The number of ether oxygens (including phenoxy) is 17. The Bertz CT molecular complexity index is 3580. The molecule has 5 heterocycles. The maximum atomic E-state index is 13.9. The number of nitrogens with one attached hydrogen (secondary N) is 6. The van der Waals surface area contributed by atoms with Crippen LogP contribution in [-0.2, 0) is 113 Å². The average molecular weight is 1510 g/mol. The number of epoxide rings is 1. The molecule has 3 unspecified atom stereocenters. The van der Waals surface area contributed by atoms with Crippen molar-refractivity contribution in [2.24, 2.45) is 11.7 Å². The summed E-state index contributed by atoms with van der Waals surface area (Å²) < 4.78 is 101. The van der Waals surface area contributed by atoms with Crippen molar-refractivity contribution in [2.75, 3.05) is 172 Å². The standard InChI is InChI=1S/C72H100N8O27/c1-44(2)59(79-53(83)19-24-94-27-29-96-31-33-98-35-37-100-39-40-101-38-36-99-34-32-97-30-28-95-25-21-74-52(82)18-23-80-54(84)16-17-55(80)85)66(88)78-50(10-8-20-75-68(73)89)65(87)77-47-14-12-46(13-15-47)42-102-69(90)76-22-26-103-71-64-63(106-72(107-64,67(92-5)93-6)70(71)43-104-70)56-45(3)41-49-58(62(56)105-71)60(86)57-48(61(49)91-4)9-7-11-51(57)81/h12-17,41,44,50,59,63-64,67,86H,7-11,18-40,42-43H2,1-6H3,(H,74,82)(H,76,90)(H,77,87)(H,78,88)(H,79,83)(H3,73,75,89)/t50-,59-,63?,64?,70-,71+,72?/m0/s1. The van der Waals surface area contributed by atoms with E-state index in [1.54, 1.807) is 38.1 Å². The van der Waals surface area contributed by atoms with Gasteiger partial charge in [-0.25, -0.2) is 9.59 Å².